The molecule has 0 spiro atoms. The van der Waals surface area contributed by atoms with Crippen LogP contribution in [-0.2, 0) is 9.53 Å². The van der Waals surface area contributed by atoms with Gasteiger partial charge in [-0.2, -0.15) is 0 Å². The summed E-state index contributed by atoms with van der Waals surface area (Å²) in [5, 5.41) is 33.1. The number of aliphatic hydroxyl groups excluding tert-OH is 3. The molecule has 11 heteroatoms. The largest absolute Gasteiger partial charge is 0.490 e. The molecule has 5 atom stereocenters. The van der Waals surface area contributed by atoms with Crippen molar-refractivity contribution in [3.05, 3.63) is 52.4 Å². The Bertz CT molecular complexity index is 1400. The minimum Gasteiger partial charge on any atom is -0.490 e. The maximum atomic E-state index is 13.5. The van der Waals surface area contributed by atoms with Gasteiger partial charge in [-0.1, -0.05) is 6.07 Å². The first-order valence-electron chi connectivity index (χ1n) is 12.3. The third-order valence-electron chi connectivity index (χ3n) is 6.58. The zero-order chi connectivity index (χ0) is 27.0. The van der Waals surface area contributed by atoms with E-state index in [1.54, 1.807) is 31.2 Å². The van der Waals surface area contributed by atoms with Crippen molar-refractivity contribution in [1.82, 2.24) is 5.32 Å². The van der Waals surface area contributed by atoms with E-state index in [-0.39, 0.29) is 16.8 Å². The second-order valence-corrected chi connectivity index (χ2v) is 9.28. The molecule has 2 aliphatic rings. The van der Waals surface area contributed by atoms with Crippen LogP contribution in [0.4, 0.5) is 0 Å². The molecule has 1 fully saturated rings. The number of benzene rings is 2. The highest BCUT2D eigenvalue weighted by Gasteiger charge is 2.46. The fourth-order valence-corrected chi connectivity index (χ4v) is 4.72. The lowest BCUT2D eigenvalue weighted by Gasteiger charge is -2.42. The van der Waals surface area contributed by atoms with E-state index in [1.807, 2.05) is 0 Å². The SMILES string of the molecule is CC(=O)NC1C(Oc2ccc3c(=O)c(-c4ccc5c(c4)OCCCO5)c(C)oc3c2)OC(CO)C(O)C1O. The number of carbonyl (C=O) groups is 1. The summed E-state index contributed by atoms with van der Waals surface area (Å²) in [5.74, 6) is 1.34. The van der Waals surface area contributed by atoms with Crippen LogP contribution in [-0.4, -0.2) is 71.7 Å². The summed E-state index contributed by atoms with van der Waals surface area (Å²) in [4.78, 5) is 25.2. The standard InChI is InChI=1S/C27H29NO10/c1-13-22(15-4-7-18-20(10-15)35-9-3-8-34-18)24(31)17-6-5-16(11-19(17)36-13)37-27-23(28-14(2)30)26(33)25(32)21(12-29)38-27/h4-7,10-11,21,23,25-27,29,32-33H,3,8-9,12H2,1-2H3,(H,28,30). The number of nitrogens with one attached hydrogen (secondary N) is 1. The molecule has 3 aromatic rings. The average Bonchev–Trinajstić information content (AvgIpc) is 3.13. The summed E-state index contributed by atoms with van der Waals surface area (Å²) in [6.45, 7) is 3.45. The van der Waals surface area contributed by atoms with Gasteiger partial charge in [0.25, 0.3) is 0 Å². The van der Waals surface area contributed by atoms with E-state index in [9.17, 15) is 24.9 Å². The van der Waals surface area contributed by atoms with E-state index in [0.29, 0.717) is 47.0 Å². The van der Waals surface area contributed by atoms with Crippen molar-refractivity contribution >= 4 is 16.9 Å². The molecule has 2 aliphatic heterocycles. The maximum Gasteiger partial charge on any atom is 0.223 e. The highest BCUT2D eigenvalue weighted by Crippen LogP contribution is 2.35. The molecular formula is C27H29NO10. The molecule has 1 aromatic heterocycles. The number of rotatable bonds is 5. The molecule has 202 valence electrons. The molecule has 1 amide bonds. The van der Waals surface area contributed by atoms with E-state index in [2.05, 4.69) is 5.32 Å². The molecule has 0 saturated carbocycles. The zero-order valence-electron chi connectivity index (χ0n) is 20.9. The Kier molecular flexibility index (Phi) is 7.26. The number of amides is 1. The number of carbonyl (C=O) groups excluding carboxylic acids is 1. The maximum absolute atomic E-state index is 13.5. The first-order valence-corrected chi connectivity index (χ1v) is 12.3. The van der Waals surface area contributed by atoms with Gasteiger partial charge in [0.05, 0.1) is 30.8 Å². The van der Waals surface area contributed by atoms with Crippen LogP contribution in [0.1, 0.15) is 19.1 Å². The summed E-state index contributed by atoms with van der Waals surface area (Å²) < 4.78 is 29.0. The number of hydrogen-bond donors (Lipinski definition) is 4. The summed E-state index contributed by atoms with van der Waals surface area (Å²) in [6.07, 6.45) is -4.48. The Morgan fingerprint density at radius 2 is 1.84 bits per heavy atom. The molecule has 1 saturated heterocycles. The fourth-order valence-electron chi connectivity index (χ4n) is 4.72. The van der Waals surface area contributed by atoms with E-state index in [4.69, 9.17) is 23.4 Å². The Morgan fingerprint density at radius 1 is 1.08 bits per heavy atom. The predicted octanol–water partition coefficient (Wildman–Crippen LogP) is 1.25. The Labute approximate surface area is 217 Å². The smallest absolute Gasteiger partial charge is 0.223 e. The van der Waals surface area contributed by atoms with Crippen molar-refractivity contribution in [3.63, 3.8) is 0 Å². The predicted molar refractivity (Wildman–Crippen MR) is 134 cm³/mol. The van der Waals surface area contributed by atoms with Crippen molar-refractivity contribution in [2.24, 2.45) is 0 Å². The van der Waals surface area contributed by atoms with Crippen molar-refractivity contribution in [2.75, 3.05) is 19.8 Å². The van der Waals surface area contributed by atoms with Gasteiger partial charge in [0.15, 0.2) is 11.5 Å². The lowest BCUT2D eigenvalue weighted by Crippen LogP contribution is -2.65. The fraction of sp³-hybridized carbons (Fsp3) is 0.407. The molecule has 2 aromatic carbocycles. The van der Waals surface area contributed by atoms with Gasteiger partial charge >= 0.3 is 0 Å². The van der Waals surface area contributed by atoms with E-state index < -0.39 is 43.2 Å². The topological polar surface area (TPSA) is 157 Å². The van der Waals surface area contributed by atoms with Gasteiger partial charge in [0.1, 0.15) is 41.4 Å². The number of ether oxygens (including phenoxy) is 4. The van der Waals surface area contributed by atoms with Gasteiger partial charge in [-0.05, 0) is 36.8 Å². The molecule has 3 heterocycles. The zero-order valence-corrected chi connectivity index (χ0v) is 20.9. The molecule has 11 nitrogen and oxygen atoms in total. The molecule has 5 unspecified atom stereocenters. The van der Waals surface area contributed by atoms with Gasteiger partial charge in [-0.15, -0.1) is 0 Å². The molecule has 0 bridgehead atoms. The normalized spacial score (nSPS) is 25.0. The quantitative estimate of drug-likeness (QED) is 0.381. The summed E-state index contributed by atoms with van der Waals surface area (Å²) >= 11 is 0. The average molecular weight is 528 g/mol. The van der Waals surface area contributed by atoms with Crippen molar-refractivity contribution < 1.29 is 43.5 Å². The van der Waals surface area contributed by atoms with E-state index >= 15 is 0 Å². The first kappa shape index (κ1) is 26.0. The monoisotopic (exact) mass is 527 g/mol. The van der Waals surface area contributed by atoms with E-state index in [0.717, 1.165) is 6.42 Å². The van der Waals surface area contributed by atoms with Crippen molar-refractivity contribution in [2.45, 2.75) is 50.9 Å². The molecule has 0 radical (unpaired) electrons. The minimum absolute atomic E-state index is 0.226. The van der Waals surface area contributed by atoms with Crippen LogP contribution in [0.2, 0.25) is 0 Å². The second kappa shape index (κ2) is 10.6. The van der Waals surface area contributed by atoms with Crippen LogP contribution in [0.3, 0.4) is 0 Å². The Balaban J connectivity index is 1.47. The number of aryl methyl sites for hydroxylation is 1. The van der Waals surface area contributed by atoms with Gasteiger partial charge in [-0.3, -0.25) is 9.59 Å². The Morgan fingerprint density at radius 3 is 2.58 bits per heavy atom. The van der Waals surface area contributed by atoms with Crippen LogP contribution < -0.4 is 25.0 Å². The van der Waals surface area contributed by atoms with Crippen molar-refractivity contribution in [3.8, 4) is 28.4 Å². The van der Waals surface area contributed by atoms with Gasteiger partial charge < -0.3 is 44.0 Å². The minimum atomic E-state index is -1.45. The first-order chi connectivity index (χ1) is 18.3. The van der Waals surface area contributed by atoms with Crippen LogP contribution in [0.5, 0.6) is 17.2 Å². The lowest BCUT2D eigenvalue weighted by molar-refractivity contribution is -0.244. The summed E-state index contributed by atoms with van der Waals surface area (Å²) in [5.41, 5.74) is 1.05. The van der Waals surface area contributed by atoms with Crippen LogP contribution in [0.25, 0.3) is 22.1 Å². The van der Waals surface area contributed by atoms with Crippen LogP contribution in [0, 0.1) is 6.92 Å². The summed E-state index contributed by atoms with van der Waals surface area (Å²) in [6, 6.07) is 8.80. The third-order valence-corrected chi connectivity index (χ3v) is 6.58. The summed E-state index contributed by atoms with van der Waals surface area (Å²) in [7, 11) is 0. The van der Waals surface area contributed by atoms with Gasteiger partial charge in [-0.25, -0.2) is 0 Å². The number of fused-ring (bicyclic) bond motifs is 2. The third kappa shape index (κ3) is 4.93. The van der Waals surface area contributed by atoms with Gasteiger partial charge in [0, 0.05) is 19.4 Å². The molecule has 38 heavy (non-hydrogen) atoms. The number of aliphatic hydroxyl groups is 3. The van der Waals surface area contributed by atoms with Crippen molar-refractivity contribution in [1.29, 1.82) is 0 Å². The highest BCUT2D eigenvalue weighted by molar-refractivity contribution is 5.84. The molecular weight excluding hydrogens is 498 g/mol. The Hall–Kier alpha value is -3.64. The van der Waals surface area contributed by atoms with E-state index in [1.165, 1.54) is 19.1 Å². The highest BCUT2D eigenvalue weighted by atomic mass is 16.7. The lowest BCUT2D eigenvalue weighted by atomic mass is 9.97. The molecule has 5 rings (SSSR count). The number of hydrogen-bond acceptors (Lipinski definition) is 10. The molecule has 0 aliphatic carbocycles. The van der Waals surface area contributed by atoms with Crippen LogP contribution in [0.15, 0.2) is 45.6 Å². The van der Waals surface area contributed by atoms with Crippen LogP contribution >= 0.6 is 0 Å². The van der Waals surface area contributed by atoms with Gasteiger partial charge in [0.2, 0.25) is 17.6 Å². The second-order valence-electron chi connectivity index (χ2n) is 9.28. The molecule has 4 N–H and O–H groups in total.